The number of carboxylic acid groups (broad SMARTS) is 1. The maximum Gasteiger partial charge on any atom is 0.433 e. The summed E-state index contributed by atoms with van der Waals surface area (Å²) in [4.78, 5) is 14.5. The minimum atomic E-state index is -4.59. The van der Waals surface area contributed by atoms with Crippen LogP contribution in [0.2, 0.25) is 0 Å². The molecule has 1 aliphatic rings. The number of rotatable bonds is 3. The molecular formula is C13H15F3N2O2. The number of carboxylic acids is 1. The van der Waals surface area contributed by atoms with E-state index in [-0.39, 0.29) is 17.4 Å². The quantitative estimate of drug-likeness (QED) is 0.894. The predicted octanol–water partition coefficient (Wildman–Crippen LogP) is 3.40. The molecule has 1 saturated carbocycles. The molecule has 0 radical (unpaired) electrons. The normalized spacial score (nSPS) is 22.8. The number of nitrogens with zero attached hydrogens (tertiary/aromatic N) is 1. The van der Waals surface area contributed by atoms with Gasteiger partial charge in [-0.1, -0.05) is 6.92 Å². The van der Waals surface area contributed by atoms with Gasteiger partial charge in [-0.25, -0.2) is 9.78 Å². The Morgan fingerprint density at radius 2 is 2.10 bits per heavy atom. The second-order valence-corrected chi connectivity index (χ2v) is 5.16. The molecule has 2 atom stereocenters. The molecule has 4 nitrogen and oxygen atoms in total. The Morgan fingerprint density at radius 3 is 2.60 bits per heavy atom. The number of nitrogens with one attached hydrogen (secondary N) is 1. The van der Waals surface area contributed by atoms with Gasteiger partial charge in [-0.2, -0.15) is 13.2 Å². The molecule has 1 heterocycles. The van der Waals surface area contributed by atoms with Crippen LogP contribution < -0.4 is 5.32 Å². The Kier molecular flexibility index (Phi) is 3.87. The van der Waals surface area contributed by atoms with E-state index in [0.717, 1.165) is 25.3 Å². The zero-order valence-electron chi connectivity index (χ0n) is 10.9. The third-order valence-corrected chi connectivity index (χ3v) is 3.45. The SMILES string of the molecule is CC1CCC(Nc2nc(C(F)(F)F)ccc2C(=O)O)C1. The summed E-state index contributed by atoms with van der Waals surface area (Å²) in [6, 6.07) is 1.60. The third kappa shape index (κ3) is 3.20. The lowest BCUT2D eigenvalue weighted by atomic mass is 10.1. The lowest BCUT2D eigenvalue weighted by Crippen LogP contribution is -2.20. The van der Waals surface area contributed by atoms with Crippen LogP contribution in [0.25, 0.3) is 0 Å². The van der Waals surface area contributed by atoms with E-state index in [0.29, 0.717) is 12.0 Å². The minimum absolute atomic E-state index is 0.0286. The van der Waals surface area contributed by atoms with Gasteiger partial charge >= 0.3 is 12.1 Å². The molecule has 1 fully saturated rings. The van der Waals surface area contributed by atoms with Gasteiger partial charge in [0.2, 0.25) is 0 Å². The van der Waals surface area contributed by atoms with Crippen LogP contribution in [0.3, 0.4) is 0 Å². The van der Waals surface area contributed by atoms with Crippen molar-refractivity contribution in [3.63, 3.8) is 0 Å². The summed E-state index contributed by atoms with van der Waals surface area (Å²) in [5, 5.41) is 11.9. The fraction of sp³-hybridized carbons (Fsp3) is 0.538. The summed E-state index contributed by atoms with van der Waals surface area (Å²) in [5.74, 6) is -1.02. The standard InChI is InChI=1S/C13H15F3N2O2/c1-7-2-3-8(6-7)17-11-9(12(19)20)4-5-10(18-11)13(14,15)16/h4-5,7-8H,2-3,6H2,1H3,(H,17,18)(H,19,20). The topological polar surface area (TPSA) is 62.2 Å². The zero-order chi connectivity index (χ0) is 14.9. The number of carbonyl (C=O) groups is 1. The maximum atomic E-state index is 12.6. The first-order chi connectivity index (χ1) is 9.27. The molecule has 0 aromatic carbocycles. The largest absolute Gasteiger partial charge is 0.478 e. The van der Waals surface area contributed by atoms with Crippen LogP contribution in [0, 0.1) is 5.92 Å². The van der Waals surface area contributed by atoms with Crippen LogP contribution in [0.1, 0.15) is 42.2 Å². The molecular weight excluding hydrogens is 273 g/mol. The molecule has 2 rings (SSSR count). The molecule has 7 heteroatoms. The van der Waals surface area contributed by atoms with Crippen molar-refractivity contribution in [1.82, 2.24) is 4.98 Å². The van der Waals surface area contributed by atoms with Gasteiger partial charge in [0.25, 0.3) is 0 Å². The van der Waals surface area contributed by atoms with Crippen molar-refractivity contribution < 1.29 is 23.1 Å². The first-order valence-corrected chi connectivity index (χ1v) is 6.35. The Balaban J connectivity index is 2.30. The zero-order valence-corrected chi connectivity index (χ0v) is 10.9. The fourth-order valence-electron chi connectivity index (χ4n) is 2.43. The maximum absolute atomic E-state index is 12.6. The van der Waals surface area contributed by atoms with Gasteiger partial charge in [-0.15, -0.1) is 0 Å². The summed E-state index contributed by atoms with van der Waals surface area (Å²) in [7, 11) is 0. The number of aromatic nitrogens is 1. The van der Waals surface area contributed by atoms with E-state index >= 15 is 0 Å². The van der Waals surface area contributed by atoms with Crippen molar-refractivity contribution in [3.05, 3.63) is 23.4 Å². The van der Waals surface area contributed by atoms with Gasteiger partial charge in [0.1, 0.15) is 17.1 Å². The molecule has 110 valence electrons. The third-order valence-electron chi connectivity index (χ3n) is 3.45. The minimum Gasteiger partial charge on any atom is -0.478 e. The monoisotopic (exact) mass is 288 g/mol. The van der Waals surface area contributed by atoms with Crippen LogP contribution in [0.5, 0.6) is 0 Å². The van der Waals surface area contributed by atoms with Gasteiger partial charge in [0.15, 0.2) is 0 Å². The molecule has 1 aliphatic carbocycles. The van der Waals surface area contributed by atoms with E-state index in [2.05, 4.69) is 17.2 Å². The molecule has 2 unspecified atom stereocenters. The average Bonchev–Trinajstić information content (AvgIpc) is 2.73. The number of anilines is 1. The highest BCUT2D eigenvalue weighted by molar-refractivity contribution is 5.93. The van der Waals surface area contributed by atoms with E-state index in [9.17, 15) is 18.0 Å². The molecule has 20 heavy (non-hydrogen) atoms. The fourth-order valence-corrected chi connectivity index (χ4v) is 2.43. The molecule has 0 bridgehead atoms. The van der Waals surface area contributed by atoms with Crippen molar-refractivity contribution in [1.29, 1.82) is 0 Å². The van der Waals surface area contributed by atoms with Crippen LogP contribution in [0.15, 0.2) is 12.1 Å². The van der Waals surface area contributed by atoms with E-state index in [1.165, 1.54) is 0 Å². The second kappa shape index (κ2) is 5.30. The van der Waals surface area contributed by atoms with E-state index in [1.807, 2.05) is 0 Å². The Hall–Kier alpha value is -1.79. The Labute approximate surface area is 114 Å². The molecule has 0 spiro atoms. The molecule has 2 N–H and O–H groups in total. The number of hydrogen-bond acceptors (Lipinski definition) is 3. The highest BCUT2D eigenvalue weighted by Gasteiger charge is 2.34. The van der Waals surface area contributed by atoms with Gasteiger partial charge in [0, 0.05) is 6.04 Å². The van der Waals surface area contributed by atoms with Crippen molar-refractivity contribution >= 4 is 11.8 Å². The first-order valence-electron chi connectivity index (χ1n) is 6.35. The smallest absolute Gasteiger partial charge is 0.433 e. The van der Waals surface area contributed by atoms with E-state index < -0.39 is 17.8 Å². The summed E-state index contributed by atoms with van der Waals surface area (Å²) in [5.41, 5.74) is -1.33. The highest BCUT2D eigenvalue weighted by atomic mass is 19.4. The van der Waals surface area contributed by atoms with Crippen molar-refractivity contribution in [2.75, 3.05) is 5.32 Å². The molecule has 0 amide bonds. The van der Waals surface area contributed by atoms with E-state index in [1.54, 1.807) is 0 Å². The molecule has 0 aliphatic heterocycles. The number of halogens is 3. The lowest BCUT2D eigenvalue weighted by Gasteiger charge is -2.16. The first kappa shape index (κ1) is 14.6. The lowest BCUT2D eigenvalue weighted by molar-refractivity contribution is -0.141. The average molecular weight is 288 g/mol. The number of aromatic carboxylic acids is 1. The van der Waals surface area contributed by atoms with Crippen LogP contribution >= 0.6 is 0 Å². The summed E-state index contributed by atoms with van der Waals surface area (Å²) in [6.07, 6.45) is -2.01. The van der Waals surface area contributed by atoms with Gasteiger partial charge in [-0.3, -0.25) is 0 Å². The summed E-state index contributed by atoms with van der Waals surface area (Å²) in [6.45, 7) is 2.05. The van der Waals surface area contributed by atoms with Gasteiger partial charge in [0.05, 0.1) is 0 Å². The van der Waals surface area contributed by atoms with Crippen LogP contribution in [-0.4, -0.2) is 22.1 Å². The number of pyridine rings is 1. The van der Waals surface area contributed by atoms with Crippen molar-refractivity contribution in [2.45, 2.75) is 38.4 Å². The van der Waals surface area contributed by atoms with Crippen LogP contribution in [-0.2, 0) is 6.18 Å². The summed E-state index contributed by atoms with van der Waals surface area (Å²) < 4.78 is 37.9. The Bertz CT molecular complexity index is 517. The molecule has 1 aromatic heterocycles. The van der Waals surface area contributed by atoms with Crippen molar-refractivity contribution in [2.24, 2.45) is 5.92 Å². The van der Waals surface area contributed by atoms with Gasteiger partial charge < -0.3 is 10.4 Å². The number of alkyl halides is 3. The van der Waals surface area contributed by atoms with Gasteiger partial charge in [-0.05, 0) is 37.3 Å². The molecule has 0 saturated heterocycles. The molecule has 1 aromatic rings. The second-order valence-electron chi connectivity index (χ2n) is 5.16. The van der Waals surface area contributed by atoms with Crippen LogP contribution in [0.4, 0.5) is 19.0 Å². The summed E-state index contributed by atoms with van der Waals surface area (Å²) >= 11 is 0. The van der Waals surface area contributed by atoms with Crippen molar-refractivity contribution in [3.8, 4) is 0 Å². The Morgan fingerprint density at radius 1 is 1.40 bits per heavy atom. The van der Waals surface area contributed by atoms with E-state index in [4.69, 9.17) is 5.11 Å². The predicted molar refractivity (Wildman–Crippen MR) is 66.6 cm³/mol. The number of hydrogen-bond donors (Lipinski definition) is 2. The highest BCUT2D eigenvalue weighted by Crippen LogP contribution is 2.32.